The van der Waals surface area contributed by atoms with Gasteiger partial charge in [-0.25, -0.2) is 8.42 Å². The van der Waals surface area contributed by atoms with Gasteiger partial charge in [-0.1, -0.05) is 22.9 Å². The van der Waals surface area contributed by atoms with Crippen LogP contribution in [0.4, 0.5) is 0 Å². The molecule has 4 nitrogen and oxygen atoms in total. The number of amides is 1. The van der Waals surface area contributed by atoms with E-state index < -0.39 is 9.05 Å². The molecule has 1 aromatic carbocycles. The summed E-state index contributed by atoms with van der Waals surface area (Å²) in [6, 6.07) is 2.97. The van der Waals surface area contributed by atoms with Crippen molar-refractivity contribution in [2.45, 2.75) is 44.6 Å². The van der Waals surface area contributed by atoms with E-state index in [0.717, 1.165) is 6.42 Å². The Bertz CT molecular complexity index is 641. The molecule has 0 aliphatic heterocycles. The summed E-state index contributed by atoms with van der Waals surface area (Å²) in [4.78, 5) is 12.2. The molecular weight excluding hydrogens is 366 g/mol. The summed E-state index contributed by atoms with van der Waals surface area (Å²) in [6.07, 6.45) is 0.756. The third-order valence-electron chi connectivity index (χ3n) is 3.17. The Balaban J connectivity index is 3.33. The van der Waals surface area contributed by atoms with Gasteiger partial charge >= 0.3 is 0 Å². The van der Waals surface area contributed by atoms with Crippen LogP contribution in [0.15, 0.2) is 21.5 Å². The van der Waals surface area contributed by atoms with Crippen molar-refractivity contribution in [3.05, 3.63) is 27.7 Å². The van der Waals surface area contributed by atoms with Gasteiger partial charge in [0.15, 0.2) is 0 Å². The minimum atomic E-state index is -3.90. The molecule has 1 aromatic rings. The van der Waals surface area contributed by atoms with Crippen LogP contribution in [0.1, 0.15) is 43.1 Å². The second kappa shape index (κ2) is 6.03. The number of hydrogen-bond acceptors (Lipinski definition) is 3. The summed E-state index contributed by atoms with van der Waals surface area (Å²) < 4.78 is 23.6. The molecule has 0 saturated carbocycles. The first-order valence-corrected chi connectivity index (χ1v) is 9.15. The summed E-state index contributed by atoms with van der Waals surface area (Å²) in [5.74, 6) is -0.322. The van der Waals surface area contributed by atoms with E-state index in [2.05, 4.69) is 21.2 Å². The molecule has 112 valence electrons. The van der Waals surface area contributed by atoms with Crippen molar-refractivity contribution < 1.29 is 13.2 Å². The smallest absolute Gasteiger partial charge is 0.261 e. The van der Waals surface area contributed by atoms with Gasteiger partial charge in [0.2, 0.25) is 0 Å². The molecule has 0 aromatic heterocycles. The standard InChI is InChI=1S/C13H17BrClNO3S/c1-5-13(3,4)16-12(17)10-6-9(14)7-11(8(10)2)20(15,18)19/h6-7H,5H2,1-4H3,(H,16,17). The van der Waals surface area contributed by atoms with Gasteiger partial charge in [0.05, 0.1) is 4.90 Å². The van der Waals surface area contributed by atoms with E-state index in [1.54, 1.807) is 13.0 Å². The highest BCUT2D eigenvalue weighted by Crippen LogP contribution is 2.27. The van der Waals surface area contributed by atoms with Gasteiger partial charge in [-0.15, -0.1) is 0 Å². The Morgan fingerprint density at radius 2 is 1.95 bits per heavy atom. The van der Waals surface area contributed by atoms with Crippen LogP contribution in [0.2, 0.25) is 0 Å². The highest BCUT2D eigenvalue weighted by molar-refractivity contribution is 9.10. The molecule has 1 amide bonds. The molecule has 0 unspecified atom stereocenters. The van der Waals surface area contributed by atoms with E-state index in [1.165, 1.54) is 6.07 Å². The van der Waals surface area contributed by atoms with Gasteiger partial charge in [-0.3, -0.25) is 4.79 Å². The van der Waals surface area contributed by atoms with Crippen LogP contribution in [0.5, 0.6) is 0 Å². The quantitative estimate of drug-likeness (QED) is 0.809. The molecule has 0 heterocycles. The summed E-state index contributed by atoms with van der Waals surface area (Å²) in [5, 5.41) is 2.87. The van der Waals surface area contributed by atoms with Crippen LogP contribution in [0.3, 0.4) is 0 Å². The number of hydrogen-bond donors (Lipinski definition) is 1. The molecule has 7 heteroatoms. The normalized spacial score (nSPS) is 12.3. The molecule has 0 spiro atoms. The molecule has 1 rings (SSSR count). The molecule has 20 heavy (non-hydrogen) atoms. The van der Waals surface area contributed by atoms with Crippen molar-refractivity contribution in [3.63, 3.8) is 0 Å². The summed E-state index contributed by atoms with van der Waals surface area (Å²) in [6.45, 7) is 7.33. The average Bonchev–Trinajstić information content (AvgIpc) is 2.29. The van der Waals surface area contributed by atoms with Crippen molar-refractivity contribution in [2.75, 3.05) is 0 Å². The number of carbonyl (C=O) groups is 1. The minimum absolute atomic E-state index is 0.0620. The maximum atomic E-state index is 12.3. The van der Waals surface area contributed by atoms with Crippen LogP contribution >= 0.6 is 26.6 Å². The molecule has 1 N–H and O–H groups in total. The predicted molar refractivity (Wildman–Crippen MR) is 83.8 cm³/mol. The molecule has 0 aliphatic rings. The van der Waals surface area contributed by atoms with E-state index in [9.17, 15) is 13.2 Å². The summed E-state index contributed by atoms with van der Waals surface area (Å²) >= 11 is 3.20. The molecule has 0 aliphatic carbocycles. The van der Waals surface area contributed by atoms with Crippen molar-refractivity contribution in [1.82, 2.24) is 5.32 Å². The fraction of sp³-hybridized carbons (Fsp3) is 0.462. The Hall–Kier alpha value is -0.590. The van der Waals surface area contributed by atoms with Crippen molar-refractivity contribution >= 4 is 41.6 Å². The lowest BCUT2D eigenvalue weighted by Crippen LogP contribution is -2.43. The monoisotopic (exact) mass is 381 g/mol. The van der Waals surface area contributed by atoms with Gasteiger partial charge in [0.1, 0.15) is 0 Å². The largest absolute Gasteiger partial charge is 0.347 e. The Kier molecular flexibility index (Phi) is 5.27. The van der Waals surface area contributed by atoms with Crippen LogP contribution in [0, 0.1) is 6.92 Å². The molecule has 0 radical (unpaired) electrons. The predicted octanol–water partition coefficient (Wildman–Crippen LogP) is 3.60. The SMILES string of the molecule is CCC(C)(C)NC(=O)c1cc(Br)cc(S(=O)(=O)Cl)c1C. The van der Waals surface area contributed by atoms with E-state index in [-0.39, 0.29) is 16.3 Å². The topological polar surface area (TPSA) is 63.2 Å². The molecule has 0 saturated heterocycles. The molecule has 0 atom stereocenters. The number of benzene rings is 1. The maximum Gasteiger partial charge on any atom is 0.261 e. The third-order valence-corrected chi connectivity index (χ3v) is 5.07. The van der Waals surface area contributed by atoms with Gasteiger partial charge in [-0.05, 0) is 44.9 Å². The number of halogens is 2. The molecule has 0 bridgehead atoms. The van der Waals surface area contributed by atoms with Crippen LogP contribution in [-0.2, 0) is 9.05 Å². The van der Waals surface area contributed by atoms with Gasteiger partial charge in [0.25, 0.3) is 15.0 Å². The van der Waals surface area contributed by atoms with Gasteiger partial charge in [-0.2, -0.15) is 0 Å². The zero-order valence-corrected chi connectivity index (χ0v) is 14.9. The Morgan fingerprint density at radius 3 is 2.40 bits per heavy atom. The fourth-order valence-corrected chi connectivity index (χ4v) is 3.44. The van der Waals surface area contributed by atoms with Crippen LogP contribution < -0.4 is 5.32 Å². The second-order valence-electron chi connectivity index (χ2n) is 5.21. The lowest BCUT2D eigenvalue weighted by molar-refractivity contribution is 0.0910. The lowest BCUT2D eigenvalue weighted by atomic mass is 10.0. The van der Waals surface area contributed by atoms with Crippen LogP contribution in [-0.4, -0.2) is 19.9 Å². The second-order valence-corrected chi connectivity index (χ2v) is 8.66. The zero-order chi connectivity index (χ0) is 15.7. The number of rotatable bonds is 4. The lowest BCUT2D eigenvalue weighted by Gasteiger charge is -2.25. The number of nitrogens with one attached hydrogen (secondary N) is 1. The summed E-state index contributed by atoms with van der Waals surface area (Å²) in [7, 11) is 1.49. The molecular formula is C13H17BrClNO3S. The van der Waals surface area contributed by atoms with Gasteiger partial charge in [0, 0.05) is 26.3 Å². The number of carbonyl (C=O) groups excluding carboxylic acids is 1. The highest BCUT2D eigenvalue weighted by Gasteiger charge is 2.24. The van der Waals surface area contributed by atoms with E-state index in [0.29, 0.717) is 15.6 Å². The van der Waals surface area contributed by atoms with E-state index in [1.807, 2.05) is 20.8 Å². The zero-order valence-electron chi connectivity index (χ0n) is 11.8. The fourth-order valence-electron chi connectivity index (χ4n) is 1.61. The van der Waals surface area contributed by atoms with E-state index >= 15 is 0 Å². The third kappa shape index (κ3) is 4.20. The Labute approximate surface area is 132 Å². The Morgan fingerprint density at radius 1 is 1.40 bits per heavy atom. The van der Waals surface area contributed by atoms with Crippen molar-refractivity contribution in [1.29, 1.82) is 0 Å². The maximum absolute atomic E-state index is 12.3. The molecule has 0 fully saturated rings. The summed E-state index contributed by atoms with van der Waals surface area (Å²) in [5.41, 5.74) is 0.263. The minimum Gasteiger partial charge on any atom is -0.347 e. The first-order valence-electron chi connectivity index (χ1n) is 6.05. The van der Waals surface area contributed by atoms with Crippen LogP contribution in [0.25, 0.3) is 0 Å². The van der Waals surface area contributed by atoms with Crippen molar-refractivity contribution in [2.24, 2.45) is 0 Å². The van der Waals surface area contributed by atoms with Crippen molar-refractivity contribution in [3.8, 4) is 0 Å². The first kappa shape index (κ1) is 17.5. The first-order chi connectivity index (χ1) is 8.98. The average molecular weight is 383 g/mol. The highest BCUT2D eigenvalue weighted by atomic mass is 79.9. The van der Waals surface area contributed by atoms with E-state index in [4.69, 9.17) is 10.7 Å². The van der Waals surface area contributed by atoms with Gasteiger partial charge < -0.3 is 5.32 Å².